The van der Waals surface area contributed by atoms with Crippen LogP contribution >= 0.6 is 0 Å². The zero-order valence-electron chi connectivity index (χ0n) is 13.2. The number of nitrogens with zero attached hydrogens (tertiary/aromatic N) is 1. The van der Waals surface area contributed by atoms with Crippen LogP contribution in [0.2, 0.25) is 0 Å². The van der Waals surface area contributed by atoms with Crippen LogP contribution in [0.5, 0.6) is 5.75 Å². The van der Waals surface area contributed by atoms with E-state index >= 15 is 0 Å². The zero-order valence-corrected chi connectivity index (χ0v) is 14.1. The minimum atomic E-state index is -5.00. The molecular formula is C14H17F3N2O5S. The molecule has 0 saturated carbocycles. The third-order valence-corrected chi connectivity index (χ3v) is 5.17. The predicted octanol–water partition coefficient (Wildman–Crippen LogP) is 2.09. The molecule has 7 nitrogen and oxygen atoms in total. The Morgan fingerprint density at radius 1 is 1.24 bits per heavy atom. The molecule has 0 radical (unpaired) electrons. The van der Waals surface area contributed by atoms with Crippen LogP contribution in [-0.2, 0) is 14.8 Å². The van der Waals surface area contributed by atoms with Crippen molar-refractivity contribution in [1.82, 2.24) is 9.62 Å². The third kappa shape index (κ3) is 5.23. The van der Waals surface area contributed by atoms with Crippen molar-refractivity contribution >= 4 is 16.1 Å². The van der Waals surface area contributed by atoms with E-state index in [4.69, 9.17) is 0 Å². The first-order valence-electron chi connectivity index (χ1n) is 7.32. The molecule has 1 heterocycles. The zero-order chi connectivity index (χ0) is 18.7. The van der Waals surface area contributed by atoms with Crippen LogP contribution in [-0.4, -0.2) is 52.0 Å². The molecule has 0 bridgehead atoms. The molecule has 1 aliphatic rings. The minimum Gasteiger partial charge on any atom is -0.453 e. The average Bonchev–Trinajstić information content (AvgIpc) is 2.53. The molecule has 1 N–H and O–H groups in total. The van der Waals surface area contributed by atoms with E-state index in [1.807, 2.05) is 0 Å². The molecule has 140 valence electrons. The number of halogens is 3. The van der Waals surface area contributed by atoms with Crippen molar-refractivity contribution in [3.8, 4) is 5.75 Å². The number of alkyl halides is 3. The van der Waals surface area contributed by atoms with E-state index in [1.54, 1.807) is 0 Å². The number of para-hydroxylation sites is 1. The Bertz CT molecular complexity index is 715. The maximum absolute atomic E-state index is 12.4. The Balaban J connectivity index is 2.09. The Kier molecular flexibility index (Phi) is 5.78. The standard InChI is InChI=1S/C14H17F3N2O5S/c1-23-13(20)19-8-6-10(7-9-19)18-25(21,22)12-5-3-2-4-11(12)24-14(15,16)17/h2-5,10,18H,6-9H2,1H3. The highest BCUT2D eigenvalue weighted by molar-refractivity contribution is 7.89. The summed E-state index contributed by atoms with van der Waals surface area (Å²) < 4.78 is 72.9. The van der Waals surface area contributed by atoms with Gasteiger partial charge < -0.3 is 14.4 Å². The van der Waals surface area contributed by atoms with Gasteiger partial charge in [-0.3, -0.25) is 0 Å². The van der Waals surface area contributed by atoms with E-state index in [0.717, 1.165) is 12.1 Å². The van der Waals surface area contributed by atoms with Crippen LogP contribution in [0.25, 0.3) is 0 Å². The largest absolute Gasteiger partial charge is 0.573 e. The third-order valence-electron chi connectivity index (χ3n) is 3.61. The van der Waals surface area contributed by atoms with E-state index < -0.39 is 39.2 Å². The normalized spacial score (nSPS) is 16.6. The monoisotopic (exact) mass is 382 g/mol. The number of nitrogens with one attached hydrogen (secondary N) is 1. The molecule has 1 aromatic carbocycles. The predicted molar refractivity (Wildman–Crippen MR) is 80.4 cm³/mol. The number of amides is 1. The minimum absolute atomic E-state index is 0.278. The Morgan fingerprint density at radius 3 is 2.40 bits per heavy atom. The fourth-order valence-electron chi connectivity index (χ4n) is 2.47. The molecule has 1 amide bonds. The lowest BCUT2D eigenvalue weighted by molar-refractivity contribution is -0.275. The summed E-state index contributed by atoms with van der Waals surface area (Å²) in [4.78, 5) is 12.2. The van der Waals surface area contributed by atoms with Gasteiger partial charge in [-0.15, -0.1) is 13.2 Å². The number of carbonyl (C=O) groups is 1. The number of rotatable bonds is 4. The van der Waals surface area contributed by atoms with Crippen molar-refractivity contribution in [3.63, 3.8) is 0 Å². The van der Waals surface area contributed by atoms with Crippen LogP contribution in [0, 0.1) is 0 Å². The van der Waals surface area contributed by atoms with Gasteiger partial charge in [-0.25, -0.2) is 17.9 Å². The molecule has 11 heteroatoms. The van der Waals surface area contributed by atoms with Gasteiger partial charge in [0.15, 0.2) is 0 Å². The lowest BCUT2D eigenvalue weighted by Gasteiger charge is -2.31. The average molecular weight is 382 g/mol. The maximum atomic E-state index is 12.4. The van der Waals surface area contributed by atoms with Gasteiger partial charge in [-0.1, -0.05) is 12.1 Å². The second kappa shape index (κ2) is 7.48. The smallest absolute Gasteiger partial charge is 0.453 e. The highest BCUT2D eigenvalue weighted by atomic mass is 32.2. The van der Waals surface area contributed by atoms with Gasteiger partial charge in [0.1, 0.15) is 10.6 Å². The number of likely N-dealkylation sites (tertiary alicyclic amines) is 1. The number of hydrogen-bond donors (Lipinski definition) is 1. The Hall–Kier alpha value is -2.01. The van der Waals surface area contributed by atoms with Crippen LogP contribution in [0.3, 0.4) is 0 Å². The first kappa shape index (κ1) is 19.3. The number of hydrogen-bond acceptors (Lipinski definition) is 5. The van der Waals surface area contributed by atoms with Gasteiger partial charge in [-0.2, -0.15) is 0 Å². The quantitative estimate of drug-likeness (QED) is 0.862. The molecule has 25 heavy (non-hydrogen) atoms. The number of sulfonamides is 1. The summed E-state index contributed by atoms with van der Waals surface area (Å²) in [5.41, 5.74) is 0. The molecule has 0 aliphatic carbocycles. The van der Waals surface area contributed by atoms with E-state index in [9.17, 15) is 26.4 Å². The topological polar surface area (TPSA) is 84.9 Å². The summed E-state index contributed by atoms with van der Waals surface area (Å²) in [6.07, 6.45) is -4.88. The molecular weight excluding hydrogens is 365 g/mol. The van der Waals surface area contributed by atoms with Crippen molar-refractivity contribution in [2.75, 3.05) is 20.2 Å². The number of benzene rings is 1. The van der Waals surface area contributed by atoms with Crippen molar-refractivity contribution in [1.29, 1.82) is 0 Å². The summed E-state index contributed by atoms with van der Waals surface area (Å²) in [6, 6.07) is 4.01. The SMILES string of the molecule is COC(=O)N1CCC(NS(=O)(=O)c2ccccc2OC(F)(F)F)CC1. The second-order valence-corrected chi connectivity index (χ2v) is 7.03. The summed E-state index contributed by atoms with van der Waals surface area (Å²) in [6.45, 7) is 0.557. The van der Waals surface area contributed by atoms with Gasteiger partial charge in [0.2, 0.25) is 10.0 Å². The van der Waals surface area contributed by atoms with Crippen LogP contribution in [0.1, 0.15) is 12.8 Å². The van der Waals surface area contributed by atoms with Gasteiger partial charge in [0.05, 0.1) is 7.11 Å². The van der Waals surface area contributed by atoms with E-state index in [2.05, 4.69) is 14.2 Å². The molecule has 2 rings (SSSR count). The Labute approximate surface area is 142 Å². The van der Waals surface area contributed by atoms with Gasteiger partial charge in [0, 0.05) is 19.1 Å². The van der Waals surface area contributed by atoms with E-state index in [0.29, 0.717) is 12.8 Å². The fraction of sp³-hybridized carbons (Fsp3) is 0.500. The molecule has 0 spiro atoms. The van der Waals surface area contributed by atoms with Crippen LogP contribution < -0.4 is 9.46 Å². The van der Waals surface area contributed by atoms with Crippen molar-refractivity contribution < 1.29 is 35.9 Å². The lowest BCUT2D eigenvalue weighted by atomic mass is 10.1. The van der Waals surface area contributed by atoms with Crippen LogP contribution in [0.4, 0.5) is 18.0 Å². The summed E-state index contributed by atoms with van der Waals surface area (Å²) in [5, 5.41) is 0. The number of methoxy groups -OCH3 is 1. The van der Waals surface area contributed by atoms with Crippen molar-refractivity contribution in [2.24, 2.45) is 0 Å². The highest BCUT2D eigenvalue weighted by Crippen LogP contribution is 2.29. The van der Waals surface area contributed by atoms with Crippen LogP contribution in [0.15, 0.2) is 29.2 Å². The first-order valence-corrected chi connectivity index (χ1v) is 8.81. The number of carbonyl (C=O) groups excluding carboxylic acids is 1. The van der Waals surface area contributed by atoms with Crippen molar-refractivity contribution in [3.05, 3.63) is 24.3 Å². The number of ether oxygens (including phenoxy) is 2. The van der Waals surface area contributed by atoms with E-state index in [1.165, 1.54) is 24.1 Å². The second-order valence-electron chi connectivity index (χ2n) is 5.35. The molecule has 0 atom stereocenters. The van der Waals surface area contributed by atoms with Crippen molar-refractivity contribution in [2.45, 2.75) is 30.1 Å². The molecule has 1 saturated heterocycles. The van der Waals surface area contributed by atoms with Gasteiger partial charge >= 0.3 is 12.5 Å². The molecule has 1 aliphatic heterocycles. The summed E-state index contributed by atoms with van der Waals surface area (Å²) in [5.74, 6) is -0.797. The van der Waals surface area contributed by atoms with E-state index in [-0.39, 0.29) is 13.1 Å². The first-order chi connectivity index (χ1) is 11.6. The molecule has 0 aromatic heterocycles. The molecule has 0 unspecified atom stereocenters. The lowest BCUT2D eigenvalue weighted by Crippen LogP contribution is -2.46. The molecule has 1 aromatic rings. The number of piperidine rings is 1. The highest BCUT2D eigenvalue weighted by Gasteiger charge is 2.35. The molecule has 1 fully saturated rings. The van der Waals surface area contributed by atoms with Gasteiger partial charge in [0.25, 0.3) is 0 Å². The Morgan fingerprint density at radius 2 is 1.84 bits per heavy atom. The maximum Gasteiger partial charge on any atom is 0.573 e. The van der Waals surface area contributed by atoms with Gasteiger partial charge in [-0.05, 0) is 25.0 Å². The summed E-state index contributed by atoms with van der Waals surface area (Å²) in [7, 11) is -2.97. The summed E-state index contributed by atoms with van der Waals surface area (Å²) >= 11 is 0. The fourth-order valence-corrected chi connectivity index (χ4v) is 3.91.